The van der Waals surface area contributed by atoms with Crippen LogP contribution in [-0.4, -0.2) is 17.3 Å². The topological polar surface area (TPSA) is 71.7 Å². The Morgan fingerprint density at radius 3 is 2.00 bits per heavy atom. The number of carboxylic acids is 1. The summed E-state index contributed by atoms with van der Waals surface area (Å²) in [6.07, 6.45) is -3.46. The molecule has 0 aliphatic heterocycles. The summed E-state index contributed by atoms with van der Waals surface area (Å²) in [5.74, 6) is -1.12. The molecule has 0 amide bonds. The summed E-state index contributed by atoms with van der Waals surface area (Å²) < 4.78 is 37.9. The summed E-state index contributed by atoms with van der Waals surface area (Å²) in [5, 5.41) is 18.8. The number of rotatable bonds is 2. The number of carbonyl (C=O) groups excluding carboxylic acids is 1. The molecule has 0 unspecified atom stereocenters. The quantitative estimate of drug-likeness (QED) is 0.582. The predicted octanol–water partition coefficient (Wildman–Crippen LogP) is 4.29. The third-order valence-electron chi connectivity index (χ3n) is 2.74. The number of halogens is 4. The molecule has 0 bridgehead atoms. The monoisotopic (exact) mass is 418 g/mol. The highest BCUT2D eigenvalue weighted by atomic mass is 79.9. The van der Waals surface area contributed by atoms with Crippen molar-refractivity contribution in [3.05, 3.63) is 63.5 Å². The van der Waals surface area contributed by atoms with Gasteiger partial charge in [0.25, 0.3) is 0 Å². The van der Waals surface area contributed by atoms with E-state index in [1.165, 1.54) is 0 Å². The van der Waals surface area contributed by atoms with Crippen LogP contribution in [0.25, 0.3) is 11.8 Å². The van der Waals surface area contributed by atoms with Crippen LogP contribution < -0.4 is 5.11 Å². The molecular weight excluding hydrogens is 405 g/mol. The van der Waals surface area contributed by atoms with Crippen LogP contribution in [0.15, 0.2) is 45.3 Å². The van der Waals surface area contributed by atoms with Gasteiger partial charge in [-0.05, 0) is 23.8 Å². The fraction of sp³-hybridized carbons (Fsp3) is 0.176. The Morgan fingerprint density at radius 2 is 1.60 bits per heavy atom. The van der Waals surface area contributed by atoms with E-state index in [1.807, 2.05) is 50.2 Å². The Balaban J connectivity index is 0.000000381. The number of hydrogen-bond acceptors (Lipinski definition) is 3. The average molecular weight is 419 g/mol. The largest absolute Gasteiger partial charge is 0.542 e. The summed E-state index contributed by atoms with van der Waals surface area (Å²) in [5.41, 5.74) is 1.71. The van der Waals surface area contributed by atoms with Gasteiger partial charge in [-0.2, -0.15) is 13.2 Å². The molecule has 2 aromatic rings. The van der Waals surface area contributed by atoms with Gasteiger partial charge in [-0.15, -0.1) is 0 Å². The first kappa shape index (κ1) is 20.7. The molecule has 4 nitrogen and oxygen atoms in total. The normalized spacial score (nSPS) is 11.5. The summed E-state index contributed by atoms with van der Waals surface area (Å²) in [4.78, 5) is 8.78. The van der Waals surface area contributed by atoms with Gasteiger partial charge in [0.1, 0.15) is 11.7 Å². The van der Waals surface area contributed by atoms with Crippen molar-refractivity contribution < 1.29 is 32.6 Å². The number of aliphatic hydroxyl groups excluding tert-OH is 1. The third-order valence-corrected chi connectivity index (χ3v) is 3.27. The first-order valence-electron chi connectivity index (χ1n) is 6.85. The zero-order chi connectivity index (χ0) is 19.2. The van der Waals surface area contributed by atoms with Crippen LogP contribution in [0.1, 0.15) is 22.6 Å². The van der Waals surface area contributed by atoms with Gasteiger partial charge in [-0.25, -0.2) is 4.42 Å². The maximum absolute atomic E-state index is 10.5. The van der Waals surface area contributed by atoms with Gasteiger partial charge in [0.15, 0.2) is 0 Å². The predicted molar refractivity (Wildman–Crippen MR) is 88.3 cm³/mol. The van der Waals surface area contributed by atoms with E-state index in [-0.39, 0.29) is 5.76 Å². The number of carboxylic acid groups (broad SMARTS) is 1. The lowest BCUT2D eigenvalue weighted by molar-refractivity contribution is -0.344. The highest BCUT2D eigenvalue weighted by Gasteiger charge is 2.28. The van der Waals surface area contributed by atoms with Crippen LogP contribution in [0.4, 0.5) is 13.2 Å². The lowest BCUT2D eigenvalue weighted by atomic mass is 10.1. The van der Waals surface area contributed by atoms with Gasteiger partial charge in [0.2, 0.25) is 0 Å². The van der Waals surface area contributed by atoms with Crippen molar-refractivity contribution in [2.24, 2.45) is 0 Å². The van der Waals surface area contributed by atoms with Gasteiger partial charge in [0, 0.05) is 22.2 Å². The minimum atomic E-state index is -5.19. The molecule has 0 saturated heterocycles. The highest BCUT2D eigenvalue weighted by molar-refractivity contribution is 9.10. The lowest BCUT2D eigenvalue weighted by Gasteiger charge is -2.03. The number of aryl methyl sites for hydroxylation is 2. The van der Waals surface area contributed by atoms with E-state index in [1.54, 1.807) is 6.08 Å². The van der Waals surface area contributed by atoms with Gasteiger partial charge in [-0.1, -0.05) is 28.1 Å². The molecule has 0 radical (unpaired) electrons. The average Bonchev–Trinajstić information content (AvgIpc) is 2.46. The molecule has 1 aromatic heterocycles. The minimum Gasteiger partial charge on any atom is -0.542 e. The zero-order valence-electron chi connectivity index (χ0n) is 13.2. The molecule has 134 valence electrons. The molecule has 0 atom stereocenters. The zero-order valence-corrected chi connectivity index (χ0v) is 14.8. The Kier molecular flexibility index (Phi) is 7.17. The molecule has 0 aliphatic rings. The lowest BCUT2D eigenvalue weighted by Crippen LogP contribution is -2.37. The summed E-state index contributed by atoms with van der Waals surface area (Å²) in [6.45, 7) is 3.78. The number of alkyl halides is 3. The second-order valence-electron chi connectivity index (χ2n) is 4.93. The number of aliphatic hydroxyl groups is 1. The maximum Gasteiger partial charge on any atom is 0.430 e. The standard InChI is InChI=1S/C15H13BrO2.C2HF3O2/c1-10-7-12(8-11(2)18-10)9-15(17)13-3-5-14(16)6-4-13;3-2(4,5)1(6)7/h3-9H,1-2H3;(H,6,7)/b15-9-;. The van der Waals surface area contributed by atoms with Crippen LogP contribution in [0.5, 0.6) is 0 Å². The Morgan fingerprint density at radius 1 is 1.16 bits per heavy atom. The van der Waals surface area contributed by atoms with Gasteiger partial charge in [0.05, 0.1) is 13.8 Å². The van der Waals surface area contributed by atoms with Crippen LogP contribution in [0, 0.1) is 13.8 Å². The smallest absolute Gasteiger partial charge is 0.430 e. The van der Waals surface area contributed by atoms with E-state index in [4.69, 9.17) is 14.3 Å². The van der Waals surface area contributed by atoms with Crippen LogP contribution >= 0.6 is 15.9 Å². The molecule has 0 fully saturated rings. The van der Waals surface area contributed by atoms with Crippen LogP contribution in [0.3, 0.4) is 0 Å². The van der Waals surface area contributed by atoms with Gasteiger partial charge >= 0.3 is 17.7 Å². The van der Waals surface area contributed by atoms with Crippen LogP contribution in [0.2, 0.25) is 0 Å². The molecule has 0 aliphatic carbocycles. The summed E-state index contributed by atoms with van der Waals surface area (Å²) in [6, 6.07) is 11.3. The minimum absolute atomic E-state index is 0.243. The fourth-order valence-corrected chi connectivity index (χ4v) is 2.03. The number of hydrogen-bond donors (Lipinski definition) is 1. The van der Waals surface area contributed by atoms with Crippen molar-refractivity contribution in [1.82, 2.24) is 0 Å². The fourth-order valence-electron chi connectivity index (χ4n) is 1.77. The van der Waals surface area contributed by atoms with E-state index in [2.05, 4.69) is 15.9 Å². The van der Waals surface area contributed by atoms with E-state index in [9.17, 15) is 18.3 Å². The molecule has 0 spiro atoms. The Hall–Kier alpha value is -2.35. The second-order valence-corrected chi connectivity index (χ2v) is 5.85. The molecule has 1 heterocycles. The SMILES string of the molecule is Cc1cc(/C=C(\O)c2ccc(Br)cc2)cc(C)[o+]1.O=C([O-])C(F)(F)F. The number of carbonyl (C=O) groups is 1. The Bertz CT molecular complexity index is 748. The second kappa shape index (κ2) is 8.66. The van der Waals surface area contributed by atoms with E-state index < -0.39 is 12.1 Å². The van der Waals surface area contributed by atoms with Crippen molar-refractivity contribution in [3.8, 4) is 0 Å². The molecule has 0 saturated carbocycles. The molecule has 1 N–H and O–H groups in total. The third kappa shape index (κ3) is 7.38. The van der Waals surface area contributed by atoms with E-state index >= 15 is 0 Å². The Labute approximate surface area is 150 Å². The van der Waals surface area contributed by atoms with E-state index in [0.717, 1.165) is 27.1 Å². The molecular formula is C17H14BrF3O4. The maximum atomic E-state index is 10.5. The van der Waals surface area contributed by atoms with Crippen molar-refractivity contribution in [2.75, 3.05) is 0 Å². The van der Waals surface area contributed by atoms with Crippen LogP contribution in [-0.2, 0) is 4.79 Å². The molecule has 2 rings (SSSR count). The van der Waals surface area contributed by atoms with E-state index in [0.29, 0.717) is 0 Å². The highest BCUT2D eigenvalue weighted by Crippen LogP contribution is 2.19. The molecule has 25 heavy (non-hydrogen) atoms. The van der Waals surface area contributed by atoms with Crippen molar-refractivity contribution in [2.45, 2.75) is 20.0 Å². The van der Waals surface area contributed by atoms with Crippen molar-refractivity contribution >= 4 is 33.7 Å². The van der Waals surface area contributed by atoms with Crippen molar-refractivity contribution in [3.63, 3.8) is 0 Å². The van der Waals surface area contributed by atoms with Gasteiger partial charge in [-0.3, -0.25) is 0 Å². The van der Waals surface area contributed by atoms with Gasteiger partial charge < -0.3 is 15.0 Å². The molecule has 1 aromatic carbocycles. The number of benzene rings is 1. The summed E-state index contributed by atoms with van der Waals surface area (Å²) in [7, 11) is 0. The van der Waals surface area contributed by atoms with Crippen molar-refractivity contribution in [1.29, 1.82) is 0 Å². The number of aliphatic carboxylic acids is 1. The first-order valence-corrected chi connectivity index (χ1v) is 7.64. The molecule has 8 heteroatoms. The summed E-state index contributed by atoms with van der Waals surface area (Å²) >= 11 is 3.37. The first-order chi connectivity index (χ1) is 11.5.